The van der Waals surface area contributed by atoms with Crippen LogP contribution in [0.25, 0.3) is 0 Å². The molecule has 0 aliphatic rings. The second-order valence-electron chi connectivity index (χ2n) is 6.48. The quantitative estimate of drug-likeness (QED) is 0.471. The molecule has 2 aromatic rings. The van der Waals surface area contributed by atoms with Gasteiger partial charge in [-0.3, -0.25) is 4.79 Å². The van der Waals surface area contributed by atoms with Crippen LogP contribution in [0.1, 0.15) is 18.1 Å². The van der Waals surface area contributed by atoms with Crippen LogP contribution in [-0.2, 0) is 21.2 Å². The van der Waals surface area contributed by atoms with Crippen molar-refractivity contribution >= 4 is 27.4 Å². The van der Waals surface area contributed by atoms with E-state index in [0.717, 1.165) is 5.56 Å². The highest BCUT2D eigenvalue weighted by Gasteiger charge is 2.11. The maximum atomic E-state index is 13.2. The number of aryl methyl sites for hydroxylation is 1. The van der Waals surface area contributed by atoms with Crippen LogP contribution < -0.4 is 16.0 Å². The highest BCUT2D eigenvalue weighted by atomic mass is 32.2. The zero-order valence-electron chi connectivity index (χ0n) is 16.6. The number of aliphatic imine (C=N–C) groups is 1. The molecule has 0 aliphatic heterocycles. The topological polar surface area (TPSA) is 99.7 Å². The Hall–Kier alpha value is -2.94. The molecule has 9 heteroatoms. The standard InChI is InChI=1S/C20H25FN4O3S/c1-4-22-20(24-13-19(26)25-17-7-5-6-16(21)11-17)23-12-15-8-9-18(14(2)10-15)29(3,27)28/h5-11H,4,12-13H2,1-3H3,(H,25,26)(H2,22,23,24). The van der Waals surface area contributed by atoms with Gasteiger partial charge >= 0.3 is 0 Å². The SMILES string of the molecule is CCNC(=NCc1ccc(S(C)(=O)=O)c(C)c1)NCC(=O)Nc1cccc(F)c1. The number of anilines is 1. The van der Waals surface area contributed by atoms with Gasteiger partial charge in [-0.25, -0.2) is 17.8 Å². The van der Waals surface area contributed by atoms with Crippen molar-refractivity contribution in [1.29, 1.82) is 0 Å². The van der Waals surface area contributed by atoms with Gasteiger partial charge in [-0.2, -0.15) is 0 Å². The number of carbonyl (C=O) groups is 1. The summed E-state index contributed by atoms with van der Waals surface area (Å²) < 4.78 is 36.6. The Bertz CT molecular complexity index is 1010. The molecule has 0 saturated heterocycles. The number of halogens is 1. The third-order valence-electron chi connectivity index (χ3n) is 3.93. The lowest BCUT2D eigenvalue weighted by atomic mass is 10.1. The zero-order valence-corrected chi connectivity index (χ0v) is 17.4. The molecule has 0 unspecified atom stereocenters. The number of hydrogen-bond donors (Lipinski definition) is 3. The van der Waals surface area contributed by atoms with E-state index in [9.17, 15) is 17.6 Å². The van der Waals surface area contributed by atoms with E-state index in [2.05, 4.69) is 20.9 Å². The number of hydrogen-bond acceptors (Lipinski definition) is 4. The smallest absolute Gasteiger partial charge is 0.243 e. The fraction of sp³-hybridized carbons (Fsp3) is 0.300. The van der Waals surface area contributed by atoms with E-state index >= 15 is 0 Å². The molecular weight excluding hydrogens is 395 g/mol. The van der Waals surface area contributed by atoms with Gasteiger partial charge in [-0.1, -0.05) is 18.2 Å². The van der Waals surface area contributed by atoms with Crippen LogP contribution in [0.3, 0.4) is 0 Å². The zero-order chi connectivity index (χ0) is 21.4. The fourth-order valence-corrected chi connectivity index (χ4v) is 3.63. The minimum atomic E-state index is -3.27. The van der Waals surface area contributed by atoms with E-state index in [1.165, 1.54) is 24.5 Å². The van der Waals surface area contributed by atoms with Crippen LogP contribution >= 0.6 is 0 Å². The van der Waals surface area contributed by atoms with Crippen molar-refractivity contribution in [2.75, 3.05) is 24.7 Å². The summed E-state index contributed by atoms with van der Waals surface area (Å²) in [4.78, 5) is 16.8. The van der Waals surface area contributed by atoms with E-state index < -0.39 is 15.7 Å². The van der Waals surface area contributed by atoms with Crippen molar-refractivity contribution < 1.29 is 17.6 Å². The van der Waals surface area contributed by atoms with E-state index in [1.807, 2.05) is 6.92 Å². The Labute approximate surface area is 170 Å². The minimum absolute atomic E-state index is 0.0472. The molecule has 7 nitrogen and oxygen atoms in total. The van der Waals surface area contributed by atoms with Crippen LogP contribution in [0.5, 0.6) is 0 Å². The molecule has 0 fully saturated rings. The summed E-state index contributed by atoms with van der Waals surface area (Å²) in [6.45, 7) is 4.50. The second kappa shape index (κ2) is 10.0. The lowest BCUT2D eigenvalue weighted by molar-refractivity contribution is -0.115. The van der Waals surface area contributed by atoms with Gasteiger partial charge in [0.25, 0.3) is 0 Å². The van der Waals surface area contributed by atoms with Crippen molar-refractivity contribution in [2.24, 2.45) is 4.99 Å². The Kier molecular flexibility index (Phi) is 7.72. The van der Waals surface area contributed by atoms with E-state index in [4.69, 9.17) is 0 Å². The van der Waals surface area contributed by atoms with Gasteiger partial charge in [0, 0.05) is 18.5 Å². The van der Waals surface area contributed by atoms with Gasteiger partial charge < -0.3 is 16.0 Å². The second-order valence-corrected chi connectivity index (χ2v) is 8.46. The Morgan fingerprint density at radius 1 is 1.14 bits per heavy atom. The lowest BCUT2D eigenvalue weighted by Crippen LogP contribution is -2.41. The number of carbonyl (C=O) groups excluding carboxylic acids is 1. The maximum absolute atomic E-state index is 13.2. The van der Waals surface area contributed by atoms with Crippen LogP contribution in [0, 0.1) is 12.7 Å². The minimum Gasteiger partial charge on any atom is -0.357 e. The molecule has 0 spiro atoms. The van der Waals surface area contributed by atoms with E-state index in [0.29, 0.717) is 35.2 Å². The predicted octanol–water partition coefficient (Wildman–Crippen LogP) is 2.23. The third-order valence-corrected chi connectivity index (χ3v) is 5.18. The van der Waals surface area contributed by atoms with Gasteiger partial charge in [0.05, 0.1) is 18.0 Å². The third kappa shape index (κ3) is 7.19. The van der Waals surface area contributed by atoms with Crippen LogP contribution in [-0.4, -0.2) is 39.6 Å². The van der Waals surface area contributed by atoms with Crippen molar-refractivity contribution in [3.8, 4) is 0 Å². The summed E-state index contributed by atoms with van der Waals surface area (Å²) in [5.74, 6) is -0.330. The van der Waals surface area contributed by atoms with Gasteiger partial charge in [0.2, 0.25) is 5.91 Å². The number of amides is 1. The molecule has 0 heterocycles. The molecule has 0 saturated carbocycles. The van der Waals surface area contributed by atoms with Gasteiger partial charge in [0.15, 0.2) is 15.8 Å². The molecule has 0 radical (unpaired) electrons. The Balaban J connectivity index is 1.99. The summed E-state index contributed by atoms with van der Waals surface area (Å²) in [7, 11) is -3.27. The monoisotopic (exact) mass is 420 g/mol. The van der Waals surface area contributed by atoms with Crippen LogP contribution in [0.2, 0.25) is 0 Å². The number of nitrogens with one attached hydrogen (secondary N) is 3. The maximum Gasteiger partial charge on any atom is 0.243 e. The first-order valence-corrected chi connectivity index (χ1v) is 11.0. The number of nitrogens with zero attached hydrogens (tertiary/aromatic N) is 1. The Morgan fingerprint density at radius 2 is 1.90 bits per heavy atom. The van der Waals surface area contributed by atoms with Crippen LogP contribution in [0.15, 0.2) is 52.4 Å². The fourth-order valence-electron chi connectivity index (χ4n) is 2.67. The highest BCUT2D eigenvalue weighted by molar-refractivity contribution is 7.90. The van der Waals surface area contributed by atoms with Crippen molar-refractivity contribution in [3.05, 3.63) is 59.4 Å². The average Bonchev–Trinajstić information content (AvgIpc) is 2.63. The molecule has 3 N–H and O–H groups in total. The van der Waals surface area contributed by atoms with E-state index in [1.54, 1.807) is 31.2 Å². The summed E-state index contributed by atoms with van der Waals surface area (Å²) in [6, 6.07) is 10.7. The summed E-state index contributed by atoms with van der Waals surface area (Å²) in [6.07, 6.45) is 1.18. The van der Waals surface area contributed by atoms with Crippen molar-refractivity contribution in [3.63, 3.8) is 0 Å². The average molecular weight is 421 g/mol. The number of guanidine groups is 1. The first-order chi connectivity index (χ1) is 13.7. The largest absolute Gasteiger partial charge is 0.357 e. The number of sulfone groups is 1. The Morgan fingerprint density at radius 3 is 2.52 bits per heavy atom. The molecule has 1 amide bonds. The molecule has 0 aliphatic carbocycles. The number of benzene rings is 2. The first kappa shape index (κ1) is 22.4. The number of rotatable bonds is 7. The van der Waals surface area contributed by atoms with Crippen molar-refractivity contribution in [2.45, 2.75) is 25.3 Å². The van der Waals surface area contributed by atoms with E-state index in [-0.39, 0.29) is 12.5 Å². The molecule has 2 aromatic carbocycles. The molecule has 156 valence electrons. The normalized spacial score (nSPS) is 11.8. The van der Waals surface area contributed by atoms with Crippen LogP contribution in [0.4, 0.5) is 10.1 Å². The molecular formula is C20H25FN4O3S. The summed E-state index contributed by atoms with van der Waals surface area (Å²) >= 11 is 0. The summed E-state index contributed by atoms with van der Waals surface area (Å²) in [5.41, 5.74) is 1.88. The molecule has 0 atom stereocenters. The molecule has 29 heavy (non-hydrogen) atoms. The summed E-state index contributed by atoms with van der Waals surface area (Å²) in [5, 5.41) is 8.55. The van der Waals surface area contributed by atoms with Gasteiger partial charge in [-0.15, -0.1) is 0 Å². The molecule has 0 aromatic heterocycles. The molecule has 0 bridgehead atoms. The van der Waals surface area contributed by atoms with Gasteiger partial charge in [-0.05, 0) is 49.2 Å². The molecule has 2 rings (SSSR count). The predicted molar refractivity (Wildman–Crippen MR) is 112 cm³/mol. The highest BCUT2D eigenvalue weighted by Crippen LogP contribution is 2.17. The lowest BCUT2D eigenvalue weighted by Gasteiger charge is -2.12. The van der Waals surface area contributed by atoms with Crippen molar-refractivity contribution in [1.82, 2.24) is 10.6 Å². The first-order valence-electron chi connectivity index (χ1n) is 9.06. The van der Waals surface area contributed by atoms with Gasteiger partial charge in [0.1, 0.15) is 5.82 Å².